The van der Waals surface area contributed by atoms with Gasteiger partial charge in [0.05, 0.1) is 0 Å². The molecule has 114 valence electrons. The first kappa shape index (κ1) is 14.1. The van der Waals surface area contributed by atoms with Gasteiger partial charge < -0.3 is 15.0 Å². The summed E-state index contributed by atoms with van der Waals surface area (Å²) in [4.78, 5) is 4.48. The number of nitrogens with two attached hydrogens (primary N) is 1. The molecule has 3 N–H and O–H groups in total. The van der Waals surface area contributed by atoms with Crippen LogP contribution in [-0.2, 0) is 10.3 Å². The Morgan fingerprint density at radius 2 is 2.00 bits per heavy atom. The lowest BCUT2D eigenvalue weighted by molar-refractivity contribution is -0.0740. The zero-order valence-electron chi connectivity index (χ0n) is 12.6. The fourth-order valence-electron chi connectivity index (χ4n) is 2.81. The van der Waals surface area contributed by atoms with Crippen LogP contribution in [0.1, 0.15) is 45.4 Å². The summed E-state index contributed by atoms with van der Waals surface area (Å²) < 4.78 is 11.1. The van der Waals surface area contributed by atoms with E-state index in [1.165, 1.54) is 0 Å². The molecule has 2 heterocycles. The van der Waals surface area contributed by atoms with E-state index in [0.717, 1.165) is 25.7 Å². The summed E-state index contributed by atoms with van der Waals surface area (Å²) in [5, 5.41) is 10.8. The van der Waals surface area contributed by atoms with E-state index in [4.69, 9.17) is 15.0 Å². The van der Waals surface area contributed by atoms with Crippen molar-refractivity contribution in [3.05, 3.63) is 11.9 Å². The number of nitrogens with one attached hydrogen (secondary N) is 1. The molecule has 3 rings (SSSR count). The largest absolute Gasteiger partial charge is 0.382 e. The van der Waals surface area contributed by atoms with Crippen LogP contribution in [0, 0.1) is 5.41 Å². The van der Waals surface area contributed by atoms with E-state index in [1.807, 2.05) is 0 Å². The normalized spacial score (nSPS) is 20.5. The number of hydrogen-bond donors (Lipinski definition) is 2. The van der Waals surface area contributed by atoms with Gasteiger partial charge in [-0.3, -0.25) is 5.10 Å². The highest BCUT2D eigenvalue weighted by Crippen LogP contribution is 2.46. The number of ether oxygens (including phenoxy) is 1. The summed E-state index contributed by atoms with van der Waals surface area (Å²) in [5.41, 5.74) is 6.09. The molecular formula is C14H21N5O2. The van der Waals surface area contributed by atoms with Gasteiger partial charge in [0.2, 0.25) is 5.82 Å². The summed E-state index contributed by atoms with van der Waals surface area (Å²) in [6, 6.07) is 1.67. The van der Waals surface area contributed by atoms with Gasteiger partial charge in [0.25, 0.3) is 5.89 Å². The molecular weight excluding hydrogens is 270 g/mol. The molecule has 21 heavy (non-hydrogen) atoms. The fraction of sp³-hybridized carbons (Fsp3) is 0.643. The van der Waals surface area contributed by atoms with Gasteiger partial charge in [-0.05, 0) is 31.1 Å². The highest BCUT2D eigenvalue weighted by molar-refractivity contribution is 5.51. The molecule has 0 atom stereocenters. The molecule has 0 unspecified atom stereocenters. The molecule has 0 radical (unpaired) electrons. The Kier molecular flexibility index (Phi) is 3.24. The minimum Gasteiger partial charge on any atom is -0.382 e. The van der Waals surface area contributed by atoms with E-state index in [-0.39, 0.29) is 0 Å². The minimum atomic E-state index is -0.456. The first-order chi connectivity index (χ1) is 9.94. The van der Waals surface area contributed by atoms with Gasteiger partial charge in [-0.2, -0.15) is 10.1 Å². The van der Waals surface area contributed by atoms with E-state index in [9.17, 15) is 0 Å². The molecule has 2 aromatic rings. The van der Waals surface area contributed by atoms with Crippen molar-refractivity contribution in [1.82, 2.24) is 20.3 Å². The third-order valence-corrected chi connectivity index (χ3v) is 4.46. The standard InChI is InChI=1S/C14H21N5O2/c1-13(2)4-6-14(20-3,7-5-13)12-16-11(21-19-12)9-8-10(15)18-17-9/h8H,4-7H2,1-3H3,(H3,15,17,18). The second-order valence-corrected chi connectivity index (χ2v) is 6.49. The number of anilines is 1. The number of aromatic amines is 1. The minimum absolute atomic E-state index is 0.340. The van der Waals surface area contributed by atoms with Crippen molar-refractivity contribution < 1.29 is 9.26 Å². The Morgan fingerprint density at radius 3 is 2.57 bits per heavy atom. The average Bonchev–Trinajstić information content (AvgIpc) is 3.08. The van der Waals surface area contributed by atoms with Crippen molar-refractivity contribution in [2.24, 2.45) is 5.41 Å². The molecule has 1 saturated carbocycles. The zero-order valence-corrected chi connectivity index (χ0v) is 12.6. The number of aromatic nitrogens is 4. The Hall–Kier alpha value is -1.89. The highest BCUT2D eigenvalue weighted by atomic mass is 16.5. The quantitative estimate of drug-likeness (QED) is 0.900. The molecule has 1 fully saturated rings. The molecule has 0 aliphatic heterocycles. The highest BCUT2D eigenvalue weighted by Gasteiger charge is 2.43. The first-order valence-electron chi connectivity index (χ1n) is 7.15. The maximum atomic E-state index is 5.78. The van der Waals surface area contributed by atoms with Crippen LogP contribution in [-0.4, -0.2) is 27.4 Å². The molecule has 0 spiro atoms. The van der Waals surface area contributed by atoms with Crippen molar-refractivity contribution in [1.29, 1.82) is 0 Å². The maximum Gasteiger partial charge on any atom is 0.276 e. The van der Waals surface area contributed by atoms with Crippen LogP contribution in [0.25, 0.3) is 11.6 Å². The topological polar surface area (TPSA) is 103 Å². The number of nitrogens with zero attached hydrogens (tertiary/aromatic N) is 3. The number of rotatable bonds is 3. The van der Waals surface area contributed by atoms with E-state index < -0.39 is 5.60 Å². The second-order valence-electron chi connectivity index (χ2n) is 6.49. The van der Waals surface area contributed by atoms with Crippen LogP contribution in [0.3, 0.4) is 0 Å². The van der Waals surface area contributed by atoms with Crippen LogP contribution < -0.4 is 5.73 Å². The van der Waals surface area contributed by atoms with E-state index >= 15 is 0 Å². The number of methoxy groups -OCH3 is 1. The Balaban J connectivity index is 1.87. The lowest BCUT2D eigenvalue weighted by atomic mass is 9.70. The maximum absolute atomic E-state index is 5.78. The van der Waals surface area contributed by atoms with Crippen LogP contribution in [0.4, 0.5) is 5.82 Å². The van der Waals surface area contributed by atoms with Gasteiger partial charge in [0.1, 0.15) is 17.1 Å². The summed E-state index contributed by atoms with van der Waals surface area (Å²) in [6.07, 6.45) is 3.92. The SMILES string of the molecule is COC1(c2noc(-c3cc(N)n[nH]3)n2)CCC(C)(C)CC1. The third-order valence-electron chi connectivity index (χ3n) is 4.46. The van der Waals surface area contributed by atoms with Gasteiger partial charge in [-0.25, -0.2) is 0 Å². The summed E-state index contributed by atoms with van der Waals surface area (Å²) >= 11 is 0. The first-order valence-corrected chi connectivity index (χ1v) is 7.15. The summed E-state index contributed by atoms with van der Waals surface area (Å²) in [7, 11) is 1.71. The Labute approximate surface area is 123 Å². The Morgan fingerprint density at radius 1 is 1.29 bits per heavy atom. The van der Waals surface area contributed by atoms with E-state index in [2.05, 4.69) is 34.2 Å². The van der Waals surface area contributed by atoms with Gasteiger partial charge in [0.15, 0.2) is 0 Å². The molecule has 0 aromatic carbocycles. The molecule has 1 aliphatic rings. The lowest BCUT2D eigenvalue weighted by Crippen LogP contribution is -2.37. The molecule has 2 aromatic heterocycles. The summed E-state index contributed by atoms with van der Waals surface area (Å²) in [6.45, 7) is 4.56. The fourth-order valence-corrected chi connectivity index (χ4v) is 2.81. The average molecular weight is 291 g/mol. The van der Waals surface area contributed by atoms with Crippen molar-refractivity contribution in [2.75, 3.05) is 12.8 Å². The van der Waals surface area contributed by atoms with Crippen LogP contribution >= 0.6 is 0 Å². The van der Waals surface area contributed by atoms with Crippen molar-refractivity contribution in [3.8, 4) is 11.6 Å². The zero-order chi connectivity index (χ0) is 15.1. The number of hydrogen-bond acceptors (Lipinski definition) is 6. The number of H-pyrrole nitrogens is 1. The predicted molar refractivity (Wildman–Crippen MR) is 77.2 cm³/mol. The molecule has 7 nitrogen and oxygen atoms in total. The van der Waals surface area contributed by atoms with Crippen LogP contribution in [0.2, 0.25) is 0 Å². The summed E-state index contributed by atoms with van der Waals surface area (Å²) in [5.74, 6) is 1.38. The predicted octanol–water partition coefficient (Wildman–Crippen LogP) is 2.48. The lowest BCUT2D eigenvalue weighted by Gasteiger charge is -2.40. The van der Waals surface area contributed by atoms with E-state index in [1.54, 1.807) is 13.2 Å². The monoisotopic (exact) mass is 291 g/mol. The molecule has 1 aliphatic carbocycles. The van der Waals surface area contributed by atoms with Gasteiger partial charge in [0, 0.05) is 13.2 Å². The van der Waals surface area contributed by atoms with Gasteiger partial charge >= 0.3 is 0 Å². The van der Waals surface area contributed by atoms with Crippen LogP contribution in [0.5, 0.6) is 0 Å². The second kappa shape index (κ2) is 4.84. The third kappa shape index (κ3) is 2.53. The van der Waals surface area contributed by atoms with Gasteiger partial charge in [-0.1, -0.05) is 19.0 Å². The van der Waals surface area contributed by atoms with E-state index in [0.29, 0.717) is 28.6 Å². The van der Waals surface area contributed by atoms with Crippen LogP contribution in [0.15, 0.2) is 10.6 Å². The van der Waals surface area contributed by atoms with Gasteiger partial charge in [-0.15, -0.1) is 0 Å². The molecule has 0 amide bonds. The van der Waals surface area contributed by atoms with Crippen molar-refractivity contribution >= 4 is 5.82 Å². The molecule has 0 saturated heterocycles. The van der Waals surface area contributed by atoms with Crippen molar-refractivity contribution in [3.63, 3.8) is 0 Å². The smallest absolute Gasteiger partial charge is 0.276 e. The molecule has 0 bridgehead atoms. The van der Waals surface area contributed by atoms with Crippen molar-refractivity contribution in [2.45, 2.75) is 45.1 Å². The molecule has 7 heteroatoms. The Bertz CT molecular complexity index is 621. The number of nitrogen functional groups attached to an aromatic ring is 1.